The number of ether oxygens (including phenoxy) is 1. The number of hydrogen-bond acceptors (Lipinski definition) is 4. The van der Waals surface area contributed by atoms with Gasteiger partial charge in [-0.3, -0.25) is 4.79 Å². The zero-order valence-corrected chi connectivity index (χ0v) is 9.93. The number of carboxylic acids is 1. The van der Waals surface area contributed by atoms with E-state index in [-0.39, 0.29) is 6.54 Å². The summed E-state index contributed by atoms with van der Waals surface area (Å²) in [5, 5.41) is 9.42. The smallest absolute Gasteiger partial charge is 0.323 e. The maximum absolute atomic E-state index is 10.7. The van der Waals surface area contributed by atoms with Gasteiger partial charge in [-0.05, 0) is 15.9 Å². The number of nitrogens with zero attached hydrogens (tertiary/aromatic N) is 3. The van der Waals surface area contributed by atoms with E-state index in [1.807, 2.05) is 0 Å². The van der Waals surface area contributed by atoms with Crippen molar-refractivity contribution >= 4 is 32.9 Å². The molecule has 0 radical (unpaired) electrons. The Morgan fingerprint density at radius 1 is 1.62 bits per heavy atom. The molecule has 84 valence electrons. The van der Waals surface area contributed by atoms with Crippen LogP contribution in [0.2, 0.25) is 0 Å². The van der Waals surface area contributed by atoms with E-state index in [9.17, 15) is 4.79 Å². The zero-order valence-electron chi connectivity index (χ0n) is 8.35. The second kappa shape index (κ2) is 4.09. The summed E-state index contributed by atoms with van der Waals surface area (Å²) >= 11 is 3.33. The number of carboxylic acid groups (broad SMARTS) is 1. The Bertz CT molecular complexity index is 552. The fraction of sp³-hybridized carbons (Fsp3) is 0.222. The molecule has 0 aliphatic rings. The van der Waals surface area contributed by atoms with Gasteiger partial charge in [0.15, 0.2) is 0 Å². The largest absolute Gasteiger partial charge is 0.480 e. The first-order valence-corrected chi connectivity index (χ1v) is 5.18. The van der Waals surface area contributed by atoms with Crippen LogP contribution in [0.5, 0.6) is 5.88 Å². The summed E-state index contributed by atoms with van der Waals surface area (Å²) in [6.45, 7) is -0.151. The van der Waals surface area contributed by atoms with Gasteiger partial charge in [0.1, 0.15) is 18.5 Å². The average Bonchev–Trinajstić information content (AvgIpc) is 2.55. The van der Waals surface area contributed by atoms with Gasteiger partial charge in [-0.15, -0.1) is 0 Å². The molecule has 2 aromatic rings. The number of hydrogen-bond donors (Lipinski definition) is 1. The average molecular weight is 286 g/mol. The number of carbonyl (C=O) groups is 1. The van der Waals surface area contributed by atoms with Gasteiger partial charge in [-0.25, -0.2) is 9.97 Å². The van der Waals surface area contributed by atoms with E-state index in [0.717, 1.165) is 0 Å². The van der Waals surface area contributed by atoms with Gasteiger partial charge >= 0.3 is 5.97 Å². The van der Waals surface area contributed by atoms with Crippen molar-refractivity contribution in [2.45, 2.75) is 6.54 Å². The van der Waals surface area contributed by atoms with Crippen molar-refractivity contribution in [1.29, 1.82) is 0 Å². The number of fused-ring (bicyclic) bond motifs is 1. The fourth-order valence-corrected chi connectivity index (χ4v) is 2.07. The molecule has 0 bridgehead atoms. The van der Waals surface area contributed by atoms with Crippen molar-refractivity contribution in [2.75, 3.05) is 7.11 Å². The molecule has 2 heterocycles. The van der Waals surface area contributed by atoms with Crippen LogP contribution in [-0.2, 0) is 11.3 Å². The molecule has 7 heteroatoms. The molecule has 2 aromatic heterocycles. The summed E-state index contributed by atoms with van der Waals surface area (Å²) in [4.78, 5) is 18.7. The molecule has 0 amide bonds. The molecule has 0 fully saturated rings. The first-order chi connectivity index (χ1) is 7.63. The van der Waals surface area contributed by atoms with Crippen LogP contribution in [0.25, 0.3) is 11.0 Å². The SMILES string of the molecule is COc1ncnc2c1c(Br)cn2CC(=O)O. The highest BCUT2D eigenvalue weighted by Gasteiger charge is 2.14. The van der Waals surface area contributed by atoms with E-state index in [0.29, 0.717) is 21.4 Å². The Labute approximate surface area is 99.0 Å². The molecule has 0 aliphatic carbocycles. The summed E-state index contributed by atoms with van der Waals surface area (Å²) in [7, 11) is 1.50. The zero-order chi connectivity index (χ0) is 11.7. The van der Waals surface area contributed by atoms with Crippen LogP contribution in [0, 0.1) is 0 Å². The van der Waals surface area contributed by atoms with Gasteiger partial charge in [0.2, 0.25) is 5.88 Å². The molecule has 0 saturated carbocycles. The Kier molecular flexibility index (Phi) is 2.78. The van der Waals surface area contributed by atoms with Crippen LogP contribution >= 0.6 is 15.9 Å². The standard InChI is InChI=1S/C9H8BrN3O3/c1-16-9-7-5(10)2-13(3-6(14)15)8(7)11-4-12-9/h2,4H,3H2,1H3,(H,14,15). The molecule has 0 aromatic carbocycles. The topological polar surface area (TPSA) is 77.2 Å². The van der Waals surface area contributed by atoms with Crippen molar-refractivity contribution in [1.82, 2.24) is 14.5 Å². The Morgan fingerprint density at radius 3 is 3.00 bits per heavy atom. The van der Waals surface area contributed by atoms with E-state index in [2.05, 4.69) is 25.9 Å². The minimum absolute atomic E-state index is 0.151. The van der Waals surface area contributed by atoms with E-state index < -0.39 is 5.97 Å². The predicted octanol–water partition coefficient (Wildman–Crippen LogP) is 1.29. The van der Waals surface area contributed by atoms with Crippen molar-refractivity contribution in [2.24, 2.45) is 0 Å². The molecular weight excluding hydrogens is 278 g/mol. The molecule has 6 nitrogen and oxygen atoms in total. The maximum atomic E-state index is 10.7. The minimum atomic E-state index is -0.929. The van der Waals surface area contributed by atoms with Crippen LogP contribution in [0.4, 0.5) is 0 Å². The highest BCUT2D eigenvalue weighted by molar-refractivity contribution is 9.10. The molecule has 16 heavy (non-hydrogen) atoms. The van der Waals surface area contributed by atoms with Crippen LogP contribution in [0.1, 0.15) is 0 Å². The summed E-state index contributed by atoms with van der Waals surface area (Å²) in [5.74, 6) is -0.511. The molecular formula is C9H8BrN3O3. The number of methoxy groups -OCH3 is 1. The third kappa shape index (κ3) is 1.73. The van der Waals surface area contributed by atoms with Crippen LogP contribution < -0.4 is 4.74 Å². The minimum Gasteiger partial charge on any atom is -0.480 e. The van der Waals surface area contributed by atoms with Gasteiger partial charge in [0.05, 0.1) is 17.0 Å². The van der Waals surface area contributed by atoms with E-state index in [1.54, 1.807) is 6.20 Å². The highest BCUT2D eigenvalue weighted by Crippen LogP contribution is 2.30. The molecule has 0 unspecified atom stereocenters. The Hall–Kier alpha value is -1.63. The lowest BCUT2D eigenvalue weighted by molar-refractivity contribution is -0.137. The molecule has 2 rings (SSSR count). The molecule has 0 aliphatic heterocycles. The van der Waals surface area contributed by atoms with E-state index >= 15 is 0 Å². The lowest BCUT2D eigenvalue weighted by Crippen LogP contribution is -2.08. The van der Waals surface area contributed by atoms with E-state index in [1.165, 1.54) is 18.0 Å². The van der Waals surface area contributed by atoms with Gasteiger partial charge < -0.3 is 14.4 Å². The molecule has 0 spiro atoms. The van der Waals surface area contributed by atoms with Gasteiger partial charge in [0.25, 0.3) is 0 Å². The third-order valence-electron chi connectivity index (χ3n) is 2.07. The van der Waals surface area contributed by atoms with Crippen molar-refractivity contribution in [3.05, 3.63) is 17.0 Å². The second-order valence-electron chi connectivity index (χ2n) is 3.08. The quantitative estimate of drug-likeness (QED) is 0.919. The normalized spacial score (nSPS) is 10.6. The highest BCUT2D eigenvalue weighted by atomic mass is 79.9. The van der Waals surface area contributed by atoms with Crippen LogP contribution in [-0.4, -0.2) is 32.7 Å². The third-order valence-corrected chi connectivity index (χ3v) is 2.67. The van der Waals surface area contributed by atoms with Crippen molar-refractivity contribution < 1.29 is 14.6 Å². The number of halogens is 1. The van der Waals surface area contributed by atoms with Crippen LogP contribution in [0.15, 0.2) is 17.0 Å². The van der Waals surface area contributed by atoms with E-state index in [4.69, 9.17) is 9.84 Å². The molecule has 0 atom stereocenters. The summed E-state index contributed by atoms with van der Waals surface area (Å²) in [5.41, 5.74) is 0.529. The van der Waals surface area contributed by atoms with Gasteiger partial charge in [0, 0.05) is 6.20 Å². The monoisotopic (exact) mass is 285 g/mol. The first-order valence-electron chi connectivity index (χ1n) is 4.38. The molecule has 0 saturated heterocycles. The predicted molar refractivity (Wildman–Crippen MR) is 59.4 cm³/mol. The second-order valence-corrected chi connectivity index (χ2v) is 3.93. The summed E-state index contributed by atoms with van der Waals surface area (Å²) < 4.78 is 7.31. The number of aliphatic carboxylic acids is 1. The number of rotatable bonds is 3. The Morgan fingerprint density at radius 2 is 2.38 bits per heavy atom. The van der Waals surface area contributed by atoms with Crippen LogP contribution in [0.3, 0.4) is 0 Å². The lowest BCUT2D eigenvalue weighted by atomic mass is 10.4. The summed E-state index contributed by atoms with van der Waals surface area (Å²) in [6, 6.07) is 0. The van der Waals surface area contributed by atoms with Gasteiger partial charge in [-0.2, -0.15) is 0 Å². The summed E-state index contributed by atoms with van der Waals surface area (Å²) in [6.07, 6.45) is 2.99. The fourth-order valence-electron chi connectivity index (χ4n) is 1.47. The number of aromatic nitrogens is 3. The Balaban J connectivity index is 2.66. The van der Waals surface area contributed by atoms with Crippen molar-refractivity contribution in [3.8, 4) is 5.88 Å². The molecule has 1 N–H and O–H groups in total. The van der Waals surface area contributed by atoms with Gasteiger partial charge in [-0.1, -0.05) is 0 Å². The van der Waals surface area contributed by atoms with Crippen molar-refractivity contribution in [3.63, 3.8) is 0 Å². The first kappa shape index (κ1) is 10.9. The lowest BCUT2D eigenvalue weighted by Gasteiger charge is -2.01. The maximum Gasteiger partial charge on any atom is 0.323 e.